The molecule has 4 aromatic heterocycles. The van der Waals surface area contributed by atoms with Gasteiger partial charge in [-0.3, -0.25) is 4.40 Å². The lowest BCUT2D eigenvalue weighted by atomic mass is 10.2. The van der Waals surface area contributed by atoms with Crippen LogP contribution in [0.3, 0.4) is 0 Å². The van der Waals surface area contributed by atoms with Gasteiger partial charge in [-0.15, -0.1) is 21.5 Å². The van der Waals surface area contributed by atoms with Crippen LogP contribution < -0.4 is 5.73 Å². The van der Waals surface area contributed by atoms with Crippen LogP contribution in [-0.4, -0.2) is 34.5 Å². The maximum absolute atomic E-state index is 5.63. The Bertz CT molecular complexity index is 904. The molecule has 0 unspecified atom stereocenters. The summed E-state index contributed by atoms with van der Waals surface area (Å²) in [5.74, 6) is 0.886. The standard InChI is InChI=1S/C12H12N8S/c13-12-17-7(4-21-12)2-1-3-8-18-19-11-9-10(15-5-14-9)16-6-20(8)11/h4-6H,1-3H2,(H2,13,17)(H,14,15). The number of anilines is 1. The lowest BCUT2D eigenvalue weighted by molar-refractivity contribution is 0.749. The Morgan fingerprint density at radius 3 is 3.05 bits per heavy atom. The number of rotatable bonds is 4. The van der Waals surface area contributed by atoms with Gasteiger partial charge in [0.2, 0.25) is 0 Å². The molecule has 4 heterocycles. The molecule has 0 radical (unpaired) electrons. The molecule has 8 nitrogen and oxygen atoms in total. The second-order valence-corrected chi connectivity index (χ2v) is 5.58. The van der Waals surface area contributed by atoms with Crippen LogP contribution >= 0.6 is 11.3 Å². The third-order valence-electron chi connectivity index (χ3n) is 3.31. The van der Waals surface area contributed by atoms with E-state index >= 15 is 0 Å². The van der Waals surface area contributed by atoms with E-state index in [4.69, 9.17) is 5.73 Å². The van der Waals surface area contributed by atoms with E-state index in [1.807, 2.05) is 9.78 Å². The second-order valence-electron chi connectivity index (χ2n) is 4.69. The highest BCUT2D eigenvalue weighted by molar-refractivity contribution is 7.13. The van der Waals surface area contributed by atoms with Crippen LogP contribution in [0.4, 0.5) is 5.13 Å². The number of nitrogens with zero attached hydrogens (tertiary/aromatic N) is 6. The SMILES string of the molecule is Nc1nc(CCCc2nnc3c4[nH]cnc4ncn23)cs1. The molecule has 0 saturated carbocycles. The molecule has 0 aromatic carbocycles. The Balaban J connectivity index is 1.56. The van der Waals surface area contributed by atoms with Gasteiger partial charge in [0.05, 0.1) is 12.0 Å². The predicted molar refractivity (Wildman–Crippen MR) is 79.0 cm³/mol. The Morgan fingerprint density at radius 2 is 2.19 bits per heavy atom. The Labute approximate surface area is 123 Å². The van der Waals surface area contributed by atoms with Gasteiger partial charge in [-0.2, -0.15) is 0 Å². The molecular formula is C12H12N8S. The molecule has 21 heavy (non-hydrogen) atoms. The van der Waals surface area contributed by atoms with E-state index in [0.717, 1.165) is 41.9 Å². The molecule has 4 rings (SSSR count). The number of aromatic nitrogens is 7. The number of imidazole rings is 1. The van der Waals surface area contributed by atoms with Crippen molar-refractivity contribution in [1.82, 2.24) is 34.5 Å². The van der Waals surface area contributed by atoms with E-state index < -0.39 is 0 Å². The zero-order valence-corrected chi connectivity index (χ0v) is 11.8. The molecule has 3 N–H and O–H groups in total. The molecule has 0 aliphatic heterocycles. The fourth-order valence-corrected chi connectivity index (χ4v) is 2.91. The van der Waals surface area contributed by atoms with Crippen molar-refractivity contribution in [2.75, 3.05) is 5.73 Å². The Morgan fingerprint density at radius 1 is 1.24 bits per heavy atom. The van der Waals surface area contributed by atoms with E-state index in [-0.39, 0.29) is 0 Å². The van der Waals surface area contributed by atoms with Crippen molar-refractivity contribution in [1.29, 1.82) is 0 Å². The summed E-state index contributed by atoms with van der Waals surface area (Å²) < 4.78 is 1.90. The molecule has 0 amide bonds. The minimum atomic E-state index is 0.615. The fraction of sp³-hybridized carbons (Fsp3) is 0.250. The summed E-state index contributed by atoms with van der Waals surface area (Å²) in [6.45, 7) is 0. The van der Waals surface area contributed by atoms with Gasteiger partial charge >= 0.3 is 0 Å². The number of hydrogen-bond donors (Lipinski definition) is 2. The summed E-state index contributed by atoms with van der Waals surface area (Å²) in [5, 5.41) is 11.1. The summed E-state index contributed by atoms with van der Waals surface area (Å²) in [6, 6.07) is 0. The molecule has 0 saturated heterocycles. The molecule has 0 aliphatic rings. The van der Waals surface area contributed by atoms with Crippen molar-refractivity contribution >= 4 is 33.3 Å². The van der Waals surface area contributed by atoms with E-state index in [0.29, 0.717) is 10.8 Å². The molecule has 106 valence electrons. The Hall–Kier alpha value is -2.55. The number of thiazole rings is 1. The highest BCUT2D eigenvalue weighted by atomic mass is 32.1. The van der Waals surface area contributed by atoms with Gasteiger partial charge in [-0.25, -0.2) is 15.0 Å². The van der Waals surface area contributed by atoms with Crippen LogP contribution in [0.15, 0.2) is 18.0 Å². The molecular weight excluding hydrogens is 288 g/mol. The second kappa shape index (κ2) is 4.77. The number of hydrogen-bond acceptors (Lipinski definition) is 7. The maximum atomic E-state index is 5.63. The molecule has 0 fully saturated rings. The van der Waals surface area contributed by atoms with Gasteiger partial charge in [0.15, 0.2) is 16.4 Å². The highest BCUT2D eigenvalue weighted by Gasteiger charge is 2.11. The van der Waals surface area contributed by atoms with Crippen LogP contribution in [0, 0.1) is 0 Å². The first-order valence-electron chi connectivity index (χ1n) is 6.53. The van der Waals surface area contributed by atoms with Gasteiger partial charge in [-0.05, 0) is 12.8 Å². The molecule has 0 spiro atoms. The number of aromatic amines is 1. The number of H-pyrrole nitrogens is 1. The van der Waals surface area contributed by atoms with Crippen LogP contribution in [-0.2, 0) is 12.8 Å². The summed E-state index contributed by atoms with van der Waals surface area (Å²) in [6.07, 6.45) is 5.95. The van der Waals surface area contributed by atoms with Crippen LogP contribution in [0.25, 0.3) is 16.8 Å². The summed E-state index contributed by atoms with van der Waals surface area (Å²) in [5.41, 5.74) is 8.87. The monoisotopic (exact) mass is 300 g/mol. The minimum Gasteiger partial charge on any atom is -0.375 e. The first-order valence-corrected chi connectivity index (χ1v) is 7.41. The lowest BCUT2D eigenvalue weighted by Gasteiger charge is -1.99. The smallest absolute Gasteiger partial charge is 0.189 e. The maximum Gasteiger partial charge on any atom is 0.189 e. The van der Waals surface area contributed by atoms with Crippen molar-refractivity contribution in [3.8, 4) is 0 Å². The van der Waals surface area contributed by atoms with Gasteiger partial charge < -0.3 is 10.7 Å². The van der Waals surface area contributed by atoms with Gasteiger partial charge in [0.1, 0.15) is 17.7 Å². The predicted octanol–water partition coefficient (Wildman–Crippen LogP) is 1.21. The topological polar surface area (TPSA) is 111 Å². The first-order chi connectivity index (χ1) is 10.3. The third kappa shape index (κ3) is 2.11. The van der Waals surface area contributed by atoms with Gasteiger partial charge in [0, 0.05) is 11.8 Å². The normalized spacial score (nSPS) is 11.6. The van der Waals surface area contributed by atoms with Crippen LogP contribution in [0.2, 0.25) is 0 Å². The quantitative estimate of drug-likeness (QED) is 0.586. The number of nitrogens with two attached hydrogens (primary N) is 1. The van der Waals surface area contributed by atoms with Crippen molar-refractivity contribution in [2.24, 2.45) is 0 Å². The van der Waals surface area contributed by atoms with Crippen molar-refractivity contribution in [3.63, 3.8) is 0 Å². The first kappa shape index (κ1) is 12.2. The van der Waals surface area contributed by atoms with Crippen LogP contribution in [0.5, 0.6) is 0 Å². The van der Waals surface area contributed by atoms with E-state index in [9.17, 15) is 0 Å². The summed E-state index contributed by atoms with van der Waals surface area (Å²) in [7, 11) is 0. The van der Waals surface area contributed by atoms with Crippen molar-refractivity contribution in [3.05, 3.63) is 29.6 Å². The molecule has 9 heteroatoms. The number of fused-ring (bicyclic) bond motifs is 3. The summed E-state index contributed by atoms with van der Waals surface area (Å²) in [4.78, 5) is 15.7. The van der Waals surface area contributed by atoms with Crippen molar-refractivity contribution in [2.45, 2.75) is 19.3 Å². The number of aryl methyl sites for hydroxylation is 2. The average Bonchev–Trinajstić information content (AvgIpc) is 3.17. The third-order valence-corrected chi connectivity index (χ3v) is 4.03. The average molecular weight is 300 g/mol. The summed E-state index contributed by atoms with van der Waals surface area (Å²) >= 11 is 1.47. The van der Waals surface area contributed by atoms with Gasteiger partial charge in [-0.1, -0.05) is 0 Å². The van der Waals surface area contributed by atoms with Gasteiger partial charge in [0.25, 0.3) is 0 Å². The number of nitrogens with one attached hydrogen (secondary N) is 1. The van der Waals surface area contributed by atoms with Crippen LogP contribution in [0.1, 0.15) is 17.9 Å². The molecule has 0 bridgehead atoms. The zero-order valence-electron chi connectivity index (χ0n) is 11.0. The lowest BCUT2D eigenvalue weighted by Crippen LogP contribution is -1.98. The molecule has 0 aliphatic carbocycles. The Kier molecular flexibility index (Phi) is 2.78. The molecule has 4 aromatic rings. The zero-order chi connectivity index (χ0) is 14.2. The fourth-order valence-electron chi connectivity index (χ4n) is 2.31. The van der Waals surface area contributed by atoms with E-state index in [1.54, 1.807) is 12.7 Å². The van der Waals surface area contributed by atoms with E-state index in [2.05, 4.69) is 30.1 Å². The van der Waals surface area contributed by atoms with E-state index in [1.165, 1.54) is 11.3 Å². The molecule has 0 atom stereocenters. The number of nitrogen functional groups attached to an aromatic ring is 1. The minimum absolute atomic E-state index is 0.615. The highest BCUT2D eigenvalue weighted by Crippen LogP contribution is 2.16. The van der Waals surface area contributed by atoms with Crippen molar-refractivity contribution < 1.29 is 0 Å². The largest absolute Gasteiger partial charge is 0.375 e.